The van der Waals surface area contributed by atoms with Crippen LogP contribution in [0, 0.1) is 23.7 Å². The van der Waals surface area contributed by atoms with E-state index in [1.807, 2.05) is 6.92 Å². The fraction of sp³-hybridized carbons (Fsp3) is 0.647. The molecule has 1 heterocycles. The first-order valence-electron chi connectivity index (χ1n) is 7.64. The van der Waals surface area contributed by atoms with Crippen LogP contribution in [0.4, 0.5) is 0 Å². The molecule has 0 spiro atoms. The van der Waals surface area contributed by atoms with Gasteiger partial charge in [0.25, 0.3) is 0 Å². The molecule has 3 rings (SSSR count). The van der Waals surface area contributed by atoms with Crippen LogP contribution in [-0.4, -0.2) is 24.1 Å². The molecule has 114 valence electrons. The van der Waals surface area contributed by atoms with Crippen LogP contribution in [0.3, 0.4) is 0 Å². The third-order valence-electron chi connectivity index (χ3n) is 5.42. The minimum atomic E-state index is -0.295. The lowest BCUT2D eigenvalue weighted by Crippen LogP contribution is -2.30. The zero-order valence-electron chi connectivity index (χ0n) is 12.6. The predicted molar refractivity (Wildman–Crippen MR) is 77.2 cm³/mol. The highest BCUT2D eigenvalue weighted by Gasteiger charge is 2.54. The highest BCUT2D eigenvalue weighted by atomic mass is 16.6. The number of hydrogen-bond donors (Lipinski definition) is 0. The van der Waals surface area contributed by atoms with Crippen molar-refractivity contribution in [2.75, 3.05) is 0 Å². The van der Waals surface area contributed by atoms with E-state index >= 15 is 0 Å². The second-order valence-electron chi connectivity index (χ2n) is 6.59. The van der Waals surface area contributed by atoms with Gasteiger partial charge in [0.15, 0.2) is 0 Å². The summed E-state index contributed by atoms with van der Waals surface area (Å²) in [5.74, 6) is -0.00559. The largest absolute Gasteiger partial charge is 0.461 e. The monoisotopic (exact) mass is 290 g/mol. The zero-order chi connectivity index (χ0) is 15.3. The van der Waals surface area contributed by atoms with Gasteiger partial charge in [-0.2, -0.15) is 0 Å². The van der Waals surface area contributed by atoms with Crippen LogP contribution in [0.1, 0.15) is 33.1 Å². The van der Waals surface area contributed by atoms with Crippen LogP contribution >= 0.6 is 0 Å². The van der Waals surface area contributed by atoms with Gasteiger partial charge in [0.05, 0.1) is 5.92 Å². The molecule has 1 unspecified atom stereocenters. The van der Waals surface area contributed by atoms with Crippen molar-refractivity contribution in [3.8, 4) is 0 Å². The lowest BCUT2D eigenvalue weighted by atomic mass is 9.80. The van der Waals surface area contributed by atoms with Gasteiger partial charge in [-0.15, -0.1) is 0 Å². The molecule has 6 atom stereocenters. The van der Waals surface area contributed by atoms with Gasteiger partial charge in [-0.3, -0.25) is 9.59 Å². The number of carbonyl (C=O) groups excluding carboxylic acids is 2. The van der Waals surface area contributed by atoms with Gasteiger partial charge in [-0.1, -0.05) is 25.7 Å². The van der Waals surface area contributed by atoms with Crippen molar-refractivity contribution in [2.24, 2.45) is 23.7 Å². The van der Waals surface area contributed by atoms with Gasteiger partial charge in [0.2, 0.25) is 0 Å². The van der Waals surface area contributed by atoms with E-state index in [9.17, 15) is 9.59 Å². The number of fused-ring (bicyclic) bond motifs is 3. The number of allylic oxidation sites excluding steroid dienone is 1. The highest BCUT2D eigenvalue weighted by molar-refractivity contribution is 5.75. The molecule has 0 bridgehead atoms. The van der Waals surface area contributed by atoms with Crippen LogP contribution < -0.4 is 0 Å². The summed E-state index contributed by atoms with van der Waals surface area (Å²) in [4.78, 5) is 23.2. The average molecular weight is 290 g/mol. The summed E-state index contributed by atoms with van der Waals surface area (Å²) in [6.07, 6.45) is 2.16. The Hall–Kier alpha value is -1.58. The summed E-state index contributed by atoms with van der Waals surface area (Å²) in [5, 5.41) is 0. The molecule has 0 aromatic rings. The van der Waals surface area contributed by atoms with Crippen molar-refractivity contribution in [2.45, 2.75) is 45.3 Å². The number of ether oxygens (including phenoxy) is 2. The first-order chi connectivity index (χ1) is 9.90. The lowest BCUT2D eigenvalue weighted by Gasteiger charge is -2.26. The Bertz CT molecular complexity index is 521. The van der Waals surface area contributed by atoms with Gasteiger partial charge in [-0.25, -0.2) is 0 Å². The van der Waals surface area contributed by atoms with Gasteiger partial charge in [-0.05, 0) is 30.8 Å². The molecule has 3 fully saturated rings. The third kappa shape index (κ3) is 2.21. The topological polar surface area (TPSA) is 52.6 Å². The van der Waals surface area contributed by atoms with E-state index < -0.39 is 0 Å². The molecule has 0 aromatic heterocycles. The van der Waals surface area contributed by atoms with Crippen LogP contribution in [0.25, 0.3) is 0 Å². The molecule has 21 heavy (non-hydrogen) atoms. The molecule has 2 saturated carbocycles. The molecule has 0 aromatic carbocycles. The van der Waals surface area contributed by atoms with Crippen molar-refractivity contribution < 1.29 is 19.1 Å². The molecule has 1 saturated heterocycles. The second-order valence-corrected chi connectivity index (χ2v) is 6.59. The molecular weight excluding hydrogens is 268 g/mol. The molecule has 2 aliphatic carbocycles. The van der Waals surface area contributed by atoms with E-state index in [1.165, 1.54) is 12.5 Å². The molecule has 0 amide bonds. The molecule has 3 aliphatic rings. The van der Waals surface area contributed by atoms with Crippen molar-refractivity contribution in [1.29, 1.82) is 0 Å². The summed E-state index contributed by atoms with van der Waals surface area (Å²) in [6.45, 7) is 11.7. The molecule has 4 nitrogen and oxygen atoms in total. The Morgan fingerprint density at radius 3 is 2.76 bits per heavy atom. The summed E-state index contributed by atoms with van der Waals surface area (Å²) >= 11 is 0. The number of rotatable bonds is 1. The third-order valence-corrected chi connectivity index (χ3v) is 5.42. The highest BCUT2D eigenvalue weighted by Crippen LogP contribution is 2.52. The Balaban J connectivity index is 1.91. The van der Waals surface area contributed by atoms with Gasteiger partial charge in [0, 0.05) is 18.8 Å². The van der Waals surface area contributed by atoms with E-state index in [0.29, 0.717) is 0 Å². The maximum absolute atomic E-state index is 11.9. The normalized spacial score (nSPS) is 42.1. The fourth-order valence-electron chi connectivity index (χ4n) is 4.27. The van der Waals surface area contributed by atoms with E-state index in [4.69, 9.17) is 9.47 Å². The second kappa shape index (κ2) is 5.00. The maximum Gasteiger partial charge on any atom is 0.309 e. The van der Waals surface area contributed by atoms with Crippen LogP contribution in [-0.2, 0) is 19.1 Å². The molecular formula is C17H22O4. The Morgan fingerprint density at radius 1 is 1.38 bits per heavy atom. The molecule has 0 radical (unpaired) electrons. The standard InChI is InChI=1S/C17H22O4/c1-8-5-6-12-9(2)17(19)21-16(12)15-10(3)14(7-13(8)15)20-11(4)18/h9,12-16H,1,3,5-7H2,2,4H3/t9-,12?,13-,14-,15-,16-/m0/s1. The molecule has 1 aliphatic heterocycles. The average Bonchev–Trinajstić information content (AvgIpc) is 2.81. The Kier molecular flexibility index (Phi) is 3.42. The fourth-order valence-corrected chi connectivity index (χ4v) is 4.27. The van der Waals surface area contributed by atoms with Crippen LogP contribution in [0.2, 0.25) is 0 Å². The Labute approximate surface area is 125 Å². The number of carbonyl (C=O) groups is 2. The van der Waals surface area contributed by atoms with E-state index in [2.05, 4.69) is 13.2 Å². The summed E-state index contributed by atoms with van der Waals surface area (Å²) in [5.41, 5.74) is 2.06. The SMILES string of the molecule is C=C1[C@H]2[C@@H](C[C@@H]1OC(C)=O)C(=C)CCC1[C@H](C)C(=O)O[C@@H]12. The van der Waals surface area contributed by atoms with Crippen molar-refractivity contribution in [1.82, 2.24) is 0 Å². The van der Waals surface area contributed by atoms with Crippen molar-refractivity contribution in [3.63, 3.8) is 0 Å². The smallest absolute Gasteiger partial charge is 0.309 e. The van der Waals surface area contributed by atoms with Gasteiger partial charge < -0.3 is 9.47 Å². The van der Waals surface area contributed by atoms with Crippen LogP contribution in [0.5, 0.6) is 0 Å². The quantitative estimate of drug-likeness (QED) is 0.550. The first-order valence-corrected chi connectivity index (χ1v) is 7.64. The van der Waals surface area contributed by atoms with Crippen molar-refractivity contribution in [3.05, 3.63) is 24.3 Å². The van der Waals surface area contributed by atoms with Gasteiger partial charge in [0.1, 0.15) is 12.2 Å². The van der Waals surface area contributed by atoms with E-state index in [0.717, 1.165) is 24.8 Å². The first kappa shape index (κ1) is 14.4. The summed E-state index contributed by atoms with van der Waals surface area (Å²) in [7, 11) is 0. The van der Waals surface area contributed by atoms with Crippen molar-refractivity contribution >= 4 is 11.9 Å². The van der Waals surface area contributed by atoms with E-state index in [-0.39, 0.29) is 47.8 Å². The number of hydrogen-bond acceptors (Lipinski definition) is 4. The van der Waals surface area contributed by atoms with E-state index in [1.54, 1.807) is 0 Å². The molecule has 4 heteroatoms. The zero-order valence-corrected chi connectivity index (χ0v) is 12.6. The number of esters is 2. The minimum absolute atomic E-state index is 0.0447. The minimum Gasteiger partial charge on any atom is -0.461 e. The van der Waals surface area contributed by atoms with Crippen LogP contribution in [0.15, 0.2) is 24.3 Å². The Morgan fingerprint density at radius 2 is 2.10 bits per heavy atom. The molecule has 0 N–H and O–H groups in total. The summed E-state index contributed by atoms with van der Waals surface area (Å²) < 4.78 is 11.0. The maximum atomic E-state index is 11.9. The predicted octanol–water partition coefficient (Wildman–Crippen LogP) is 2.64. The lowest BCUT2D eigenvalue weighted by molar-refractivity contribution is -0.146. The summed E-state index contributed by atoms with van der Waals surface area (Å²) in [6, 6.07) is 0. The van der Waals surface area contributed by atoms with Gasteiger partial charge >= 0.3 is 11.9 Å².